The van der Waals surface area contributed by atoms with Gasteiger partial charge in [-0.05, 0) is 31.7 Å². The summed E-state index contributed by atoms with van der Waals surface area (Å²) in [6.07, 6.45) is 3.28. The van der Waals surface area contributed by atoms with Gasteiger partial charge in [-0.25, -0.2) is 19.2 Å². The van der Waals surface area contributed by atoms with Crippen molar-refractivity contribution in [2.45, 2.75) is 25.9 Å². The van der Waals surface area contributed by atoms with Gasteiger partial charge in [-0.2, -0.15) is 0 Å². The van der Waals surface area contributed by atoms with E-state index in [2.05, 4.69) is 30.3 Å². The van der Waals surface area contributed by atoms with Crippen LogP contribution in [0.25, 0.3) is 21.1 Å². The lowest BCUT2D eigenvalue weighted by molar-refractivity contribution is 0.194. The Morgan fingerprint density at radius 2 is 1.90 bits per heavy atom. The molecular formula is C18H19Cl2FN6O2S. The molecule has 12 heteroatoms. The van der Waals surface area contributed by atoms with Gasteiger partial charge < -0.3 is 15.2 Å². The third-order valence-corrected chi connectivity index (χ3v) is 5.44. The molecule has 0 aliphatic rings. The number of aliphatic hydroxyl groups is 1. The zero-order valence-electron chi connectivity index (χ0n) is 16.1. The van der Waals surface area contributed by atoms with Crippen molar-refractivity contribution in [1.82, 2.24) is 25.0 Å². The van der Waals surface area contributed by atoms with Crippen LogP contribution >= 0.6 is 34.7 Å². The molecule has 30 heavy (non-hydrogen) atoms. The minimum Gasteiger partial charge on any atom is -0.489 e. The van der Waals surface area contributed by atoms with Crippen LogP contribution in [0.4, 0.5) is 10.3 Å². The van der Waals surface area contributed by atoms with Crippen molar-refractivity contribution in [2.24, 2.45) is 0 Å². The number of nitrogens with zero attached hydrogens (tertiary/aromatic N) is 4. The van der Waals surface area contributed by atoms with Gasteiger partial charge in [-0.3, -0.25) is 0 Å². The number of hydrogen-bond acceptors (Lipinski definition) is 9. The molecule has 3 aromatic rings. The van der Waals surface area contributed by atoms with E-state index in [-0.39, 0.29) is 30.0 Å². The van der Waals surface area contributed by atoms with Crippen molar-refractivity contribution >= 4 is 40.7 Å². The van der Waals surface area contributed by atoms with E-state index in [1.54, 1.807) is 12.4 Å². The van der Waals surface area contributed by atoms with Gasteiger partial charge in [0, 0.05) is 35.6 Å². The predicted octanol–water partition coefficient (Wildman–Crippen LogP) is 3.76. The van der Waals surface area contributed by atoms with Gasteiger partial charge in [0.1, 0.15) is 11.6 Å². The molecule has 0 bridgehead atoms. The molecule has 2 heterocycles. The average Bonchev–Trinajstić information content (AvgIpc) is 3.21. The SMILES string of the molecule is CC(C)Nc1ncc(-c2nnc(-c3cc(F)c(OC[C@@H](CO)NCl)cc3Cl)s2)cn1. The van der Waals surface area contributed by atoms with Crippen LogP contribution < -0.4 is 14.9 Å². The molecule has 0 unspecified atom stereocenters. The summed E-state index contributed by atoms with van der Waals surface area (Å²) in [6, 6.07) is 2.26. The number of anilines is 1. The van der Waals surface area contributed by atoms with Crippen LogP contribution in [0, 0.1) is 5.82 Å². The normalized spacial score (nSPS) is 12.2. The summed E-state index contributed by atoms with van der Waals surface area (Å²) in [6.45, 7) is 3.69. The van der Waals surface area contributed by atoms with E-state index >= 15 is 0 Å². The summed E-state index contributed by atoms with van der Waals surface area (Å²) >= 11 is 13.0. The number of rotatable bonds is 9. The fraction of sp³-hybridized carbons (Fsp3) is 0.333. The summed E-state index contributed by atoms with van der Waals surface area (Å²) in [5, 5.41) is 21.7. The molecule has 0 spiro atoms. The molecule has 0 saturated heterocycles. The molecule has 160 valence electrons. The largest absolute Gasteiger partial charge is 0.489 e. The topological polar surface area (TPSA) is 105 Å². The lowest BCUT2D eigenvalue weighted by Crippen LogP contribution is -2.32. The molecule has 3 N–H and O–H groups in total. The molecule has 0 saturated carbocycles. The number of benzene rings is 1. The van der Waals surface area contributed by atoms with Gasteiger partial charge in [0.15, 0.2) is 16.6 Å². The number of halogens is 3. The number of hydrogen-bond donors (Lipinski definition) is 3. The zero-order valence-corrected chi connectivity index (χ0v) is 18.4. The van der Waals surface area contributed by atoms with E-state index in [1.165, 1.54) is 23.5 Å². The van der Waals surface area contributed by atoms with Crippen LogP contribution in [-0.4, -0.2) is 50.6 Å². The molecule has 0 aliphatic carbocycles. The van der Waals surface area contributed by atoms with Crippen molar-refractivity contribution < 1.29 is 14.2 Å². The Kier molecular flexibility index (Phi) is 7.73. The van der Waals surface area contributed by atoms with Gasteiger partial charge in [-0.15, -0.1) is 10.2 Å². The highest BCUT2D eigenvalue weighted by Gasteiger charge is 2.17. The van der Waals surface area contributed by atoms with Gasteiger partial charge in [-0.1, -0.05) is 22.9 Å². The number of nitrogens with one attached hydrogen (secondary N) is 2. The van der Waals surface area contributed by atoms with Gasteiger partial charge in [0.2, 0.25) is 5.95 Å². The highest BCUT2D eigenvalue weighted by molar-refractivity contribution is 7.18. The quantitative estimate of drug-likeness (QED) is 0.404. The Balaban J connectivity index is 1.78. The Morgan fingerprint density at radius 3 is 2.53 bits per heavy atom. The van der Waals surface area contributed by atoms with E-state index < -0.39 is 11.9 Å². The third-order valence-electron chi connectivity index (χ3n) is 3.81. The fourth-order valence-corrected chi connectivity index (χ4v) is 3.61. The van der Waals surface area contributed by atoms with Gasteiger partial charge in [0.05, 0.1) is 17.7 Å². The first-order valence-corrected chi connectivity index (χ1v) is 10.5. The second kappa shape index (κ2) is 10.3. The van der Waals surface area contributed by atoms with Crippen molar-refractivity contribution in [3.05, 3.63) is 35.4 Å². The molecule has 0 amide bonds. The van der Waals surface area contributed by atoms with E-state index in [0.29, 0.717) is 27.1 Å². The molecule has 1 atom stereocenters. The smallest absolute Gasteiger partial charge is 0.222 e. The van der Waals surface area contributed by atoms with Crippen molar-refractivity contribution in [2.75, 3.05) is 18.5 Å². The standard InChI is InChI=1S/C18H19Cl2FN6O2S/c1-9(2)24-18-22-5-10(6-23-18)16-26-27-17(30-16)12-3-14(21)15(4-13(12)19)29-8-11(7-28)25-20/h3-6,9,11,25,28H,7-8H2,1-2H3,(H,22,23,24)/t11-/m1/s1. The average molecular weight is 473 g/mol. The Labute approximate surface area is 186 Å². The summed E-state index contributed by atoms with van der Waals surface area (Å²) < 4.78 is 19.8. The second-order valence-corrected chi connectivity index (χ2v) is 8.17. The maximum absolute atomic E-state index is 14.5. The molecule has 2 aromatic heterocycles. The maximum Gasteiger partial charge on any atom is 0.222 e. The molecule has 0 radical (unpaired) electrons. The minimum atomic E-state index is -0.621. The summed E-state index contributed by atoms with van der Waals surface area (Å²) in [5.74, 6) is -0.155. The molecule has 0 fully saturated rings. The number of aliphatic hydroxyl groups excluding tert-OH is 1. The van der Waals surface area contributed by atoms with Crippen LogP contribution in [0.5, 0.6) is 5.75 Å². The van der Waals surface area contributed by atoms with Crippen LogP contribution in [0.3, 0.4) is 0 Å². The molecular weight excluding hydrogens is 454 g/mol. The summed E-state index contributed by atoms with van der Waals surface area (Å²) in [7, 11) is 0. The summed E-state index contributed by atoms with van der Waals surface area (Å²) in [4.78, 5) is 10.8. The van der Waals surface area contributed by atoms with E-state index in [9.17, 15) is 4.39 Å². The Morgan fingerprint density at radius 1 is 1.20 bits per heavy atom. The maximum atomic E-state index is 14.5. The Bertz CT molecular complexity index is 985. The number of aromatic nitrogens is 4. The van der Waals surface area contributed by atoms with E-state index in [0.717, 1.165) is 0 Å². The first-order chi connectivity index (χ1) is 14.4. The Hall–Kier alpha value is -2.11. The first-order valence-electron chi connectivity index (χ1n) is 8.93. The van der Waals surface area contributed by atoms with E-state index in [1.807, 2.05) is 13.8 Å². The highest BCUT2D eigenvalue weighted by Crippen LogP contribution is 2.37. The van der Waals surface area contributed by atoms with Gasteiger partial charge >= 0.3 is 0 Å². The zero-order chi connectivity index (χ0) is 21.7. The van der Waals surface area contributed by atoms with Crippen LogP contribution in [0.2, 0.25) is 5.02 Å². The first kappa shape index (κ1) is 22.6. The van der Waals surface area contributed by atoms with Crippen molar-refractivity contribution in [3.63, 3.8) is 0 Å². The van der Waals surface area contributed by atoms with Crippen molar-refractivity contribution in [3.8, 4) is 26.9 Å². The lowest BCUT2D eigenvalue weighted by atomic mass is 10.2. The monoisotopic (exact) mass is 472 g/mol. The number of ether oxygens (including phenoxy) is 1. The molecule has 3 rings (SSSR count). The van der Waals surface area contributed by atoms with Crippen LogP contribution in [0.1, 0.15) is 13.8 Å². The molecule has 8 nitrogen and oxygen atoms in total. The lowest BCUT2D eigenvalue weighted by Gasteiger charge is -2.14. The highest BCUT2D eigenvalue weighted by atomic mass is 35.5. The third kappa shape index (κ3) is 5.52. The van der Waals surface area contributed by atoms with Crippen LogP contribution in [0.15, 0.2) is 24.5 Å². The summed E-state index contributed by atoms with van der Waals surface area (Å²) in [5.41, 5.74) is 1.08. The fourth-order valence-electron chi connectivity index (χ4n) is 2.33. The predicted molar refractivity (Wildman–Crippen MR) is 115 cm³/mol. The molecule has 0 aliphatic heterocycles. The molecule has 1 aromatic carbocycles. The minimum absolute atomic E-state index is 0.0305. The van der Waals surface area contributed by atoms with Crippen LogP contribution in [-0.2, 0) is 0 Å². The second-order valence-electron chi connectivity index (χ2n) is 6.57. The van der Waals surface area contributed by atoms with E-state index in [4.69, 9.17) is 33.2 Å². The van der Waals surface area contributed by atoms with Gasteiger partial charge in [0.25, 0.3) is 0 Å². The van der Waals surface area contributed by atoms with Crippen molar-refractivity contribution in [1.29, 1.82) is 0 Å².